The third-order valence-electron chi connectivity index (χ3n) is 4.81. The number of carboxylic acids is 1. The standard InChI is InChI=1S/C24H40N2O6S2/c1-17(2)14-18(15-34-19-8-7-13-33-19)20(22(28)29)21(27)26(16-24(3,4)5)23(30)25-9-10-32-12-11-31-6/h7-8,13,17-18,20H,9-12,14-16H2,1-6H3,(H,25,30)(H,28,29)/t18-,20-/m0/s1. The van der Waals surface area contributed by atoms with Gasteiger partial charge in [0.1, 0.15) is 5.92 Å². The maximum absolute atomic E-state index is 13.6. The van der Waals surface area contributed by atoms with Gasteiger partial charge in [-0.15, -0.1) is 23.1 Å². The molecule has 34 heavy (non-hydrogen) atoms. The van der Waals surface area contributed by atoms with Gasteiger partial charge in [0.05, 0.1) is 24.0 Å². The Morgan fingerprint density at radius 2 is 1.91 bits per heavy atom. The van der Waals surface area contributed by atoms with Crippen LogP contribution in [0.5, 0.6) is 0 Å². The van der Waals surface area contributed by atoms with Gasteiger partial charge < -0.3 is 19.9 Å². The lowest BCUT2D eigenvalue weighted by Crippen LogP contribution is -2.53. The molecule has 2 N–H and O–H groups in total. The van der Waals surface area contributed by atoms with E-state index in [1.807, 2.05) is 52.1 Å². The van der Waals surface area contributed by atoms with Crippen molar-refractivity contribution in [1.29, 1.82) is 0 Å². The molecule has 0 aromatic carbocycles. The van der Waals surface area contributed by atoms with Crippen molar-refractivity contribution >= 4 is 41.0 Å². The zero-order valence-corrected chi connectivity index (χ0v) is 22.8. The molecular weight excluding hydrogens is 476 g/mol. The monoisotopic (exact) mass is 516 g/mol. The maximum Gasteiger partial charge on any atom is 0.324 e. The number of aliphatic carboxylic acids is 1. The Kier molecular flexibility index (Phi) is 13.8. The molecule has 1 heterocycles. The number of nitrogens with one attached hydrogen (secondary N) is 1. The van der Waals surface area contributed by atoms with Crippen LogP contribution in [0.3, 0.4) is 0 Å². The summed E-state index contributed by atoms with van der Waals surface area (Å²) in [6, 6.07) is 3.32. The van der Waals surface area contributed by atoms with Crippen LogP contribution in [0, 0.1) is 23.2 Å². The van der Waals surface area contributed by atoms with Crippen molar-refractivity contribution in [2.75, 3.05) is 45.8 Å². The zero-order valence-electron chi connectivity index (χ0n) is 21.2. The lowest BCUT2D eigenvalue weighted by atomic mass is 9.85. The molecule has 0 bridgehead atoms. The van der Waals surface area contributed by atoms with E-state index in [9.17, 15) is 19.5 Å². The first-order valence-corrected chi connectivity index (χ1v) is 13.4. The topological polar surface area (TPSA) is 105 Å². The molecule has 0 radical (unpaired) electrons. The van der Waals surface area contributed by atoms with E-state index in [4.69, 9.17) is 9.47 Å². The molecule has 1 rings (SSSR count). The van der Waals surface area contributed by atoms with Crippen molar-refractivity contribution in [1.82, 2.24) is 10.2 Å². The fraction of sp³-hybridized carbons (Fsp3) is 0.708. The number of methoxy groups -OCH3 is 1. The Labute approximate surface area is 211 Å². The van der Waals surface area contributed by atoms with Gasteiger partial charge >= 0.3 is 12.0 Å². The Bertz CT molecular complexity index is 749. The lowest BCUT2D eigenvalue weighted by molar-refractivity contribution is -0.152. The molecule has 0 unspecified atom stereocenters. The summed E-state index contributed by atoms with van der Waals surface area (Å²) < 4.78 is 11.3. The van der Waals surface area contributed by atoms with Crippen LogP contribution in [0.25, 0.3) is 0 Å². The second-order valence-electron chi connectivity index (χ2n) is 9.77. The average Bonchev–Trinajstić information content (AvgIpc) is 3.25. The van der Waals surface area contributed by atoms with Crippen LogP contribution in [-0.2, 0) is 19.1 Å². The van der Waals surface area contributed by atoms with Crippen molar-refractivity contribution in [3.8, 4) is 0 Å². The van der Waals surface area contributed by atoms with Gasteiger partial charge in [-0.1, -0.05) is 40.7 Å². The molecule has 0 saturated heterocycles. The maximum atomic E-state index is 13.6. The predicted molar refractivity (Wildman–Crippen MR) is 136 cm³/mol. The quantitative estimate of drug-likeness (QED) is 0.202. The Morgan fingerprint density at radius 3 is 2.44 bits per heavy atom. The van der Waals surface area contributed by atoms with E-state index in [0.29, 0.717) is 25.4 Å². The highest BCUT2D eigenvalue weighted by atomic mass is 32.2. The highest BCUT2D eigenvalue weighted by Gasteiger charge is 2.41. The highest BCUT2D eigenvalue weighted by Crippen LogP contribution is 2.32. The van der Waals surface area contributed by atoms with E-state index < -0.39 is 35.2 Å². The first-order valence-electron chi connectivity index (χ1n) is 11.5. The molecule has 8 nitrogen and oxygen atoms in total. The van der Waals surface area contributed by atoms with Crippen LogP contribution < -0.4 is 5.32 Å². The zero-order chi connectivity index (χ0) is 25.7. The molecule has 1 aromatic rings. The molecule has 0 fully saturated rings. The minimum atomic E-state index is -1.30. The summed E-state index contributed by atoms with van der Waals surface area (Å²) in [6.07, 6.45) is 0.569. The fourth-order valence-corrected chi connectivity index (χ4v) is 5.38. The summed E-state index contributed by atoms with van der Waals surface area (Å²) in [5.41, 5.74) is -0.399. The van der Waals surface area contributed by atoms with Crippen LogP contribution in [0.15, 0.2) is 21.7 Å². The molecule has 0 aliphatic carbocycles. The molecule has 0 aliphatic rings. The second-order valence-corrected chi connectivity index (χ2v) is 12.0. The van der Waals surface area contributed by atoms with Crippen molar-refractivity contribution in [2.24, 2.45) is 23.2 Å². The van der Waals surface area contributed by atoms with Crippen LogP contribution in [-0.4, -0.2) is 73.7 Å². The number of amides is 3. The average molecular weight is 517 g/mol. The van der Waals surface area contributed by atoms with Crippen LogP contribution in [0.4, 0.5) is 4.79 Å². The largest absolute Gasteiger partial charge is 0.481 e. The van der Waals surface area contributed by atoms with E-state index in [0.717, 1.165) is 9.11 Å². The molecule has 0 spiro atoms. The number of thioether (sulfide) groups is 1. The molecular formula is C24H40N2O6S2. The number of urea groups is 1. The first kappa shape index (κ1) is 30.4. The van der Waals surface area contributed by atoms with Crippen LogP contribution >= 0.6 is 23.1 Å². The molecule has 194 valence electrons. The molecule has 0 aliphatic heterocycles. The summed E-state index contributed by atoms with van der Waals surface area (Å²) in [5, 5.41) is 14.8. The predicted octanol–water partition coefficient (Wildman–Crippen LogP) is 4.45. The number of hydrogen-bond acceptors (Lipinski definition) is 7. The van der Waals surface area contributed by atoms with Gasteiger partial charge in [-0.3, -0.25) is 14.5 Å². The third kappa shape index (κ3) is 11.7. The summed E-state index contributed by atoms with van der Waals surface area (Å²) >= 11 is 3.14. The van der Waals surface area contributed by atoms with Crippen molar-refractivity contribution in [3.05, 3.63) is 17.5 Å². The minimum Gasteiger partial charge on any atom is -0.481 e. The SMILES string of the molecule is COCCOCCNC(=O)N(CC(C)(C)C)C(=O)[C@@H](C(=O)O)[C@H](CSc1cccs1)CC(C)C. The molecule has 3 amide bonds. The summed E-state index contributed by atoms with van der Waals surface area (Å²) in [4.78, 5) is 40.0. The number of rotatable bonds is 15. The molecule has 0 saturated carbocycles. The second kappa shape index (κ2) is 15.4. The Morgan fingerprint density at radius 1 is 1.21 bits per heavy atom. The van der Waals surface area contributed by atoms with Gasteiger partial charge in [-0.05, 0) is 35.1 Å². The molecule has 10 heteroatoms. The van der Waals surface area contributed by atoms with E-state index in [1.165, 1.54) is 0 Å². The number of nitrogens with zero attached hydrogens (tertiary/aromatic N) is 1. The van der Waals surface area contributed by atoms with Gasteiger partial charge in [0, 0.05) is 26.0 Å². The van der Waals surface area contributed by atoms with Crippen molar-refractivity contribution < 1.29 is 29.0 Å². The Hall–Kier alpha value is -1.62. The molecule has 1 aromatic heterocycles. The highest BCUT2D eigenvalue weighted by molar-refractivity contribution is 8.01. The number of carboxylic acid groups (broad SMARTS) is 1. The number of thiophene rings is 1. The van der Waals surface area contributed by atoms with Gasteiger partial charge in [0.2, 0.25) is 5.91 Å². The van der Waals surface area contributed by atoms with Gasteiger partial charge in [-0.25, -0.2) is 4.79 Å². The summed E-state index contributed by atoms with van der Waals surface area (Å²) in [6.45, 7) is 11.2. The normalized spacial score (nSPS) is 13.5. The van der Waals surface area contributed by atoms with Gasteiger partial charge in [0.25, 0.3) is 0 Å². The number of carbonyl (C=O) groups is 3. The minimum absolute atomic E-state index is 0.110. The number of hydrogen-bond donors (Lipinski definition) is 2. The van der Waals surface area contributed by atoms with Gasteiger partial charge in [-0.2, -0.15) is 0 Å². The van der Waals surface area contributed by atoms with Crippen molar-refractivity contribution in [3.63, 3.8) is 0 Å². The van der Waals surface area contributed by atoms with E-state index >= 15 is 0 Å². The van der Waals surface area contributed by atoms with Crippen LogP contribution in [0.2, 0.25) is 0 Å². The van der Waals surface area contributed by atoms with Crippen molar-refractivity contribution in [2.45, 2.75) is 45.2 Å². The van der Waals surface area contributed by atoms with E-state index in [-0.39, 0.29) is 25.6 Å². The van der Waals surface area contributed by atoms with Gasteiger partial charge in [0.15, 0.2) is 0 Å². The Balaban J connectivity index is 3.03. The number of imide groups is 1. The fourth-order valence-electron chi connectivity index (χ4n) is 3.41. The van der Waals surface area contributed by atoms with E-state index in [2.05, 4.69) is 5.32 Å². The first-order chi connectivity index (χ1) is 16.0. The number of ether oxygens (including phenoxy) is 2. The number of carbonyl (C=O) groups excluding carboxylic acids is 2. The summed E-state index contributed by atoms with van der Waals surface area (Å²) in [5.74, 6) is -2.89. The molecule has 2 atom stereocenters. The van der Waals surface area contributed by atoms with E-state index in [1.54, 1.807) is 30.2 Å². The lowest BCUT2D eigenvalue weighted by Gasteiger charge is -2.33. The van der Waals surface area contributed by atoms with Crippen LogP contribution in [0.1, 0.15) is 41.0 Å². The summed E-state index contributed by atoms with van der Waals surface area (Å²) in [7, 11) is 1.57. The smallest absolute Gasteiger partial charge is 0.324 e. The third-order valence-corrected chi connectivity index (χ3v) is 7.13.